The highest BCUT2D eigenvalue weighted by atomic mass is 28.3. The Kier molecular flexibility index (Phi) is 3.58. The number of carbonyl (C=O) groups is 2. The summed E-state index contributed by atoms with van der Waals surface area (Å²) in [5.41, 5.74) is 0. The molecule has 0 radical (unpaired) electrons. The molecular formula is C3H5F3N2O2Si. The molecule has 0 atom stereocenters. The Labute approximate surface area is 61.5 Å². The number of halogens is 3. The van der Waals surface area contributed by atoms with Gasteiger partial charge >= 0.3 is 14.9 Å². The average Bonchev–Trinajstić information content (AvgIpc) is 1.85. The number of nitrogens with one attached hydrogen (secondary N) is 2. The summed E-state index contributed by atoms with van der Waals surface area (Å²) in [5.74, 6) is -4.53. The van der Waals surface area contributed by atoms with E-state index in [4.69, 9.17) is 0 Å². The molecule has 0 bridgehead atoms. The highest BCUT2D eigenvalue weighted by Gasteiger charge is 2.42. The lowest BCUT2D eigenvalue weighted by Crippen LogP contribution is -2.57. The van der Waals surface area contributed by atoms with Crippen molar-refractivity contribution < 1.29 is 22.8 Å². The summed E-state index contributed by atoms with van der Waals surface area (Å²) in [6.45, 7) is 0. The molecule has 0 rings (SSSR count). The molecule has 0 saturated heterocycles. The minimum absolute atomic E-state index is 0.0825. The predicted octanol–water partition coefficient (Wildman–Crippen LogP) is -1.20. The van der Waals surface area contributed by atoms with Gasteiger partial charge in [0.15, 0.2) is 0 Å². The van der Waals surface area contributed by atoms with Crippen LogP contribution < -0.4 is 9.96 Å². The Morgan fingerprint density at radius 1 is 1.09 bits per heavy atom. The molecule has 0 spiro atoms. The lowest BCUT2D eigenvalue weighted by atomic mass is 11.5. The van der Waals surface area contributed by atoms with Gasteiger partial charge in [-0.3, -0.25) is 9.59 Å². The van der Waals surface area contributed by atoms with Gasteiger partial charge in [-0.25, -0.2) is 0 Å². The fraction of sp³-hybridized carbons (Fsp3) is 0.333. The van der Waals surface area contributed by atoms with Crippen LogP contribution in [0.2, 0.25) is 0 Å². The normalized spacial score (nSPS) is 10.9. The molecule has 0 unspecified atom stereocenters. The van der Waals surface area contributed by atoms with Crippen molar-refractivity contribution in [2.24, 2.45) is 0 Å². The smallest absolute Gasteiger partial charge is 0.363 e. The number of hydrogen-bond acceptors (Lipinski definition) is 2. The third-order valence-corrected chi connectivity index (χ3v) is 2.39. The van der Waals surface area contributed by atoms with Gasteiger partial charge in [-0.1, -0.05) is 0 Å². The lowest BCUT2D eigenvalue weighted by Gasteiger charge is -2.14. The van der Waals surface area contributed by atoms with E-state index in [2.05, 4.69) is 0 Å². The number of hydrogen-bond donors (Lipinski definition) is 2. The van der Waals surface area contributed by atoms with Gasteiger partial charge in [-0.15, -0.1) is 0 Å². The molecule has 0 heterocycles. The molecule has 2 N–H and O–H groups in total. The molecule has 0 aliphatic heterocycles. The quantitative estimate of drug-likeness (QED) is 0.428. The maximum atomic E-state index is 11.7. The van der Waals surface area contributed by atoms with E-state index in [0.29, 0.717) is 0 Å². The molecule has 0 aliphatic carbocycles. The van der Waals surface area contributed by atoms with Gasteiger partial charge in [0, 0.05) is 0 Å². The number of amides is 2. The van der Waals surface area contributed by atoms with Gasteiger partial charge in [-0.2, -0.15) is 13.2 Å². The monoisotopic (exact) mass is 186 g/mol. The third kappa shape index (κ3) is 3.60. The van der Waals surface area contributed by atoms with E-state index in [1.807, 2.05) is 0 Å². The zero-order valence-electron chi connectivity index (χ0n) is 5.18. The van der Waals surface area contributed by atoms with Gasteiger partial charge in [0.1, 0.15) is 0 Å². The first kappa shape index (κ1) is 9.95. The number of rotatable bonds is 4. The molecule has 0 saturated carbocycles. The first-order valence-corrected chi connectivity index (χ1v) is 4.21. The molecule has 4 nitrogen and oxygen atoms in total. The first-order chi connectivity index (χ1) is 5.02. The maximum Gasteiger partial charge on any atom is 0.401 e. The molecule has 11 heavy (non-hydrogen) atoms. The Morgan fingerprint density at radius 3 is 1.64 bits per heavy atom. The van der Waals surface area contributed by atoms with Gasteiger partial charge in [0.2, 0.25) is 12.8 Å². The van der Waals surface area contributed by atoms with E-state index in [9.17, 15) is 22.8 Å². The van der Waals surface area contributed by atoms with Crippen LogP contribution in [0.1, 0.15) is 0 Å². The molecule has 0 fully saturated rings. The van der Waals surface area contributed by atoms with Crippen molar-refractivity contribution >= 4 is 21.9 Å². The topological polar surface area (TPSA) is 58.2 Å². The second-order valence-corrected chi connectivity index (χ2v) is 3.73. The first-order valence-electron chi connectivity index (χ1n) is 2.48. The van der Waals surface area contributed by atoms with Crippen molar-refractivity contribution in [3.8, 4) is 0 Å². The molecule has 0 aromatic rings. The van der Waals surface area contributed by atoms with Crippen LogP contribution in [0, 0.1) is 0 Å². The summed E-state index contributed by atoms with van der Waals surface area (Å²) < 4.78 is 35.1. The Balaban J connectivity index is 4.08. The SMILES string of the molecule is O=CN[SiH](NC=O)C(F)(F)F. The largest absolute Gasteiger partial charge is 0.401 e. The van der Waals surface area contributed by atoms with Gasteiger partial charge in [0.05, 0.1) is 0 Å². The van der Waals surface area contributed by atoms with Crippen molar-refractivity contribution in [3.05, 3.63) is 0 Å². The summed E-state index contributed by atoms with van der Waals surface area (Å²) in [6, 6.07) is 0. The van der Waals surface area contributed by atoms with E-state index in [0.717, 1.165) is 0 Å². The molecule has 64 valence electrons. The highest BCUT2D eigenvalue weighted by Crippen LogP contribution is 2.14. The molecular weight excluding hydrogens is 181 g/mol. The van der Waals surface area contributed by atoms with E-state index in [-0.39, 0.29) is 12.8 Å². The molecule has 0 aromatic heterocycles. The molecule has 0 aliphatic rings. The van der Waals surface area contributed by atoms with E-state index in [1.54, 1.807) is 0 Å². The standard InChI is InChI=1S/C3H5F3N2O2Si/c4-3(5,6)11(7-1-9)8-2-10/h1-2,11H,(H,7,9)(H,8,10). The van der Waals surface area contributed by atoms with Crippen LogP contribution in [0.25, 0.3) is 0 Å². The molecule has 8 heteroatoms. The minimum Gasteiger partial charge on any atom is -0.363 e. The Morgan fingerprint density at radius 2 is 1.45 bits per heavy atom. The van der Waals surface area contributed by atoms with Crippen molar-refractivity contribution in [2.45, 2.75) is 5.80 Å². The fourth-order valence-electron chi connectivity index (χ4n) is 0.373. The van der Waals surface area contributed by atoms with Crippen LogP contribution in [-0.2, 0) is 9.59 Å². The Hall–Kier alpha value is -1.05. The fourth-order valence-corrected chi connectivity index (χ4v) is 1.12. The van der Waals surface area contributed by atoms with E-state index < -0.39 is 14.9 Å². The van der Waals surface area contributed by atoms with Crippen LogP contribution in [0.5, 0.6) is 0 Å². The lowest BCUT2D eigenvalue weighted by molar-refractivity contribution is -0.110. The van der Waals surface area contributed by atoms with Crippen molar-refractivity contribution in [3.63, 3.8) is 0 Å². The van der Waals surface area contributed by atoms with E-state index >= 15 is 0 Å². The minimum atomic E-state index is -4.53. The van der Waals surface area contributed by atoms with Crippen LogP contribution in [0.4, 0.5) is 13.2 Å². The summed E-state index contributed by atoms with van der Waals surface area (Å²) in [5, 5.41) is 0. The summed E-state index contributed by atoms with van der Waals surface area (Å²) >= 11 is 0. The molecule has 2 amide bonds. The van der Waals surface area contributed by atoms with Crippen molar-refractivity contribution in [2.75, 3.05) is 0 Å². The Bertz CT molecular complexity index is 140. The zero-order chi connectivity index (χ0) is 8.91. The van der Waals surface area contributed by atoms with Crippen LogP contribution in [0.3, 0.4) is 0 Å². The number of alkyl halides is 3. The summed E-state index contributed by atoms with van der Waals surface area (Å²) in [6.07, 6.45) is -0.165. The second-order valence-electron chi connectivity index (χ2n) is 1.54. The molecule has 0 aromatic carbocycles. The summed E-state index contributed by atoms with van der Waals surface area (Å²) in [4.78, 5) is 22.2. The summed E-state index contributed by atoms with van der Waals surface area (Å²) in [7, 11) is -3.66. The van der Waals surface area contributed by atoms with Gasteiger partial charge in [0.25, 0.3) is 0 Å². The van der Waals surface area contributed by atoms with Gasteiger partial charge in [-0.05, 0) is 0 Å². The second kappa shape index (κ2) is 3.96. The maximum absolute atomic E-state index is 11.7. The number of carbonyl (C=O) groups excluding carboxylic acids is 2. The van der Waals surface area contributed by atoms with Crippen molar-refractivity contribution in [1.29, 1.82) is 0 Å². The van der Waals surface area contributed by atoms with E-state index in [1.165, 1.54) is 9.96 Å². The van der Waals surface area contributed by atoms with Gasteiger partial charge < -0.3 is 9.96 Å². The van der Waals surface area contributed by atoms with Crippen molar-refractivity contribution in [1.82, 2.24) is 9.96 Å². The average molecular weight is 186 g/mol. The zero-order valence-corrected chi connectivity index (χ0v) is 6.34. The van der Waals surface area contributed by atoms with Crippen LogP contribution in [-0.4, -0.2) is 27.7 Å². The van der Waals surface area contributed by atoms with Crippen LogP contribution in [0.15, 0.2) is 0 Å². The van der Waals surface area contributed by atoms with Crippen LogP contribution >= 0.6 is 0 Å². The highest BCUT2D eigenvalue weighted by molar-refractivity contribution is 6.59. The predicted molar refractivity (Wildman–Crippen MR) is 31.6 cm³/mol. The third-order valence-electron chi connectivity index (χ3n) is 0.797.